The molecule has 0 spiro atoms. The van der Waals surface area contributed by atoms with Gasteiger partial charge in [0.05, 0.1) is 22.7 Å². The second-order valence-corrected chi connectivity index (χ2v) is 9.53. The zero-order chi connectivity index (χ0) is 29.4. The lowest BCUT2D eigenvalue weighted by Crippen LogP contribution is -2.30. The molecule has 38 heavy (non-hydrogen) atoms. The topological polar surface area (TPSA) is 44.1 Å². The molecule has 0 unspecified atom stereocenters. The Kier molecular flexibility index (Phi) is 4.16. The van der Waals surface area contributed by atoms with E-state index in [1.807, 2.05) is 61.1 Å². The van der Waals surface area contributed by atoms with Crippen molar-refractivity contribution in [2.24, 2.45) is 7.05 Å². The lowest BCUT2D eigenvalue weighted by atomic mass is 9.92. The SMILES string of the molecule is [2H]C1([2H])c2cccc(-c3c(C#N)ccc4c3oc3c(-c5cccc[n+]5C)c(C)ccc34)c2C([2H])([2H])N1c1ccccc1. The summed E-state index contributed by atoms with van der Waals surface area (Å²) in [4.78, 5) is 1.18. The van der Waals surface area contributed by atoms with Crippen LogP contribution in [-0.4, -0.2) is 0 Å². The number of benzene rings is 4. The van der Waals surface area contributed by atoms with Crippen molar-refractivity contribution in [2.75, 3.05) is 4.90 Å². The predicted octanol–water partition coefficient (Wildman–Crippen LogP) is 7.44. The van der Waals surface area contributed by atoms with E-state index in [-0.39, 0.29) is 11.1 Å². The van der Waals surface area contributed by atoms with Gasteiger partial charge in [-0.15, -0.1) is 0 Å². The minimum absolute atomic E-state index is 0.189. The van der Waals surface area contributed by atoms with Crippen LogP contribution in [0.15, 0.2) is 102 Å². The van der Waals surface area contributed by atoms with Crippen LogP contribution in [0.3, 0.4) is 0 Å². The van der Waals surface area contributed by atoms with Crippen molar-refractivity contribution in [1.29, 1.82) is 5.26 Å². The van der Waals surface area contributed by atoms with Gasteiger partial charge in [-0.3, -0.25) is 0 Å². The second kappa shape index (κ2) is 8.61. The molecule has 6 aromatic rings. The molecule has 0 amide bonds. The molecule has 0 saturated carbocycles. The van der Waals surface area contributed by atoms with E-state index in [2.05, 4.69) is 12.1 Å². The smallest absolute Gasteiger partial charge is 0.216 e. The molecule has 7 rings (SSSR count). The van der Waals surface area contributed by atoms with Crippen molar-refractivity contribution in [2.45, 2.75) is 19.9 Å². The van der Waals surface area contributed by atoms with Gasteiger partial charge in [0.2, 0.25) is 5.69 Å². The fraction of sp³-hybridized carbons (Fsp3) is 0.118. The van der Waals surface area contributed by atoms with Crippen LogP contribution in [0.4, 0.5) is 5.69 Å². The third-order valence-corrected chi connectivity index (χ3v) is 7.25. The molecule has 0 radical (unpaired) electrons. The monoisotopic (exact) mass is 496 g/mol. The molecule has 0 atom stereocenters. The molecule has 4 heteroatoms. The Morgan fingerprint density at radius 2 is 1.61 bits per heavy atom. The summed E-state index contributed by atoms with van der Waals surface area (Å²) in [6.45, 7) is -2.33. The van der Waals surface area contributed by atoms with Crippen LogP contribution in [0.25, 0.3) is 44.3 Å². The summed E-state index contributed by atoms with van der Waals surface area (Å²) < 4.78 is 45.4. The summed E-state index contributed by atoms with van der Waals surface area (Å²) >= 11 is 0. The summed E-state index contributed by atoms with van der Waals surface area (Å²) in [6.07, 6.45) is 1.98. The van der Waals surface area contributed by atoms with Gasteiger partial charge in [-0.1, -0.05) is 48.5 Å². The van der Waals surface area contributed by atoms with E-state index >= 15 is 0 Å². The maximum atomic E-state index is 10.3. The van der Waals surface area contributed by atoms with E-state index < -0.39 is 13.0 Å². The minimum atomic E-state index is -2.22. The number of rotatable bonds is 3. The number of pyridine rings is 1. The predicted molar refractivity (Wildman–Crippen MR) is 152 cm³/mol. The normalized spacial score (nSPS) is 16.9. The highest BCUT2D eigenvalue weighted by molar-refractivity contribution is 6.14. The van der Waals surface area contributed by atoms with E-state index in [4.69, 9.17) is 7.16 Å². The number of furan rings is 1. The third-order valence-electron chi connectivity index (χ3n) is 7.25. The van der Waals surface area contributed by atoms with Gasteiger partial charge < -0.3 is 9.32 Å². The van der Waals surface area contributed by atoms with Gasteiger partial charge in [0.25, 0.3) is 0 Å². The van der Waals surface area contributed by atoms with Gasteiger partial charge in [-0.25, -0.2) is 4.57 Å². The molecule has 0 saturated heterocycles. The fourth-order valence-electron chi connectivity index (χ4n) is 5.40. The van der Waals surface area contributed by atoms with Crippen LogP contribution in [0.1, 0.15) is 27.7 Å². The molecule has 1 aliphatic heterocycles. The van der Waals surface area contributed by atoms with Crippen molar-refractivity contribution >= 4 is 27.6 Å². The number of aromatic nitrogens is 1. The maximum Gasteiger partial charge on any atom is 0.216 e. The summed E-state index contributed by atoms with van der Waals surface area (Å²) in [7, 11) is 1.98. The first-order valence-electron chi connectivity index (χ1n) is 14.5. The van der Waals surface area contributed by atoms with Gasteiger partial charge >= 0.3 is 0 Å². The van der Waals surface area contributed by atoms with Crippen molar-refractivity contribution in [3.8, 4) is 28.5 Å². The van der Waals surface area contributed by atoms with Crippen LogP contribution in [-0.2, 0) is 20.0 Å². The molecule has 0 bridgehead atoms. The van der Waals surface area contributed by atoms with Crippen molar-refractivity contribution in [3.63, 3.8) is 0 Å². The highest BCUT2D eigenvalue weighted by Crippen LogP contribution is 2.44. The quantitative estimate of drug-likeness (QED) is 0.239. The molecule has 0 aliphatic carbocycles. The van der Waals surface area contributed by atoms with Gasteiger partial charge in [-0.2, -0.15) is 5.26 Å². The van der Waals surface area contributed by atoms with Gasteiger partial charge in [0.1, 0.15) is 18.2 Å². The summed E-state index contributed by atoms with van der Waals surface area (Å²) in [6, 6.07) is 29.8. The Labute approximate surface area is 227 Å². The Bertz CT molecular complexity index is 2090. The Morgan fingerprint density at radius 1 is 0.842 bits per heavy atom. The molecule has 2 aromatic heterocycles. The molecule has 4 nitrogen and oxygen atoms in total. The highest BCUT2D eigenvalue weighted by atomic mass is 16.3. The maximum absolute atomic E-state index is 10.3. The number of para-hydroxylation sites is 1. The second-order valence-electron chi connectivity index (χ2n) is 9.53. The molecule has 3 heterocycles. The average molecular weight is 497 g/mol. The van der Waals surface area contributed by atoms with Crippen LogP contribution in [0, 0.1) is 18.3 Å². The molecule has 182 valence electrons. The van der Waals surface area contributed by atoms with Gasteiger partial charge in [-0.05, 0) is 59.5 Å². The van der Waals surface area contributed by atoms with E-state index in [1.165, 1.54) is 4.90 Å². The molecule has 0 fully saturated rings. The lowest BCUT2D eigenvalue weighted by molar-refractivity contribution is -0.660. The van der Waals surface area contributed by atoms with Gasteiger partial charge in [0, 0.05) is 47.1 Å². The number of fused-ring (bicyclic) bond motifs is 4. The van der Waals surface area contributed by atoms with Crippen LogP contribution < -0.4 is 9.47 Å². The van der Waals surface area contributed by atoms with Crippen molar-refractivity contribution in [3.05, 3.63) is 119 Å². The first-order chi connectivity index (χ1) is 20.2. The van der Waals surface area contributed by atoms with E-state index in [1.54, 1.807) is 48.5 Å². The molecular weight excluding hydrogens is 466 g/mol. The molecule has 4 aromatic carbocycles. The largest absolute Gasteiger partial charge is 0.454 e. The van der Waals surface area contributed by atoms with Gasteiger partial charge in [0.15, 0.2) is 6.20 Å². The Hall–Kier alpha value is -4.88. The zero-order valence-electron chi connectivity index (χ0n) is 25.0. The summed E-state index contributed by atoms with van der Waals surface area (Å²) in [5.74, 6) is 0. The van der Waals surface area contributed by atoms with Crippen LogP contribution >= 0.6 is 0 Å². The number of nitrogens with zero attached hydrogens (tertiary/aromatic N) is 3. The van der Waals surface area contributed by atoms with Crippen LogP contribution in [0.2, 0.25) is 0 Å². The molecular formula is C34H26N3O+. The summed E-state index contributed by atoms with van der Waals surface area (Å²) in [5, 5.41) is 12.0. The Morgan fingerprint density at radius 3 is 2.39 bits per heavy atom. The molecule has 1 aliphatic rings. The third kappa shape index (κ3) is 3.33. The highest BCUT2D eigenvalue weighted by Gasteiger charge is 2.27. The van der Waals surface area contributed by atoms with E-state index in [0.29, 0.717) is 33.5 Å². The number of nitriles is 1. The standard InChI is InChI=1S/C34H26N3O/c1-22-14-16-27-28-17-15-23(19-35)32(34(28)38-33(27)31(22)30-13-6-7-18-36(30)2)26-12-8-9-24-20-37(21-29(24)26)25-10-4-3-5-11-25/h3-18H,20-21H2,1-2H3/q+1/i20D2,21D2. The van der Waals surface area contributed by atoms with Crippen LogP contribution in [0.5, 0.6) is 0 Å². The Balaban J connectivity index is 1.56. The molecule has 0 N–H and O–H groups in total. The average Bonchev–Trinajstić information content (AvgIpc) is 3.42. The number of aryl methyl sites for hydroxylation is 2. The minimum Gasteiger partial charge on any atom is -0.454 e. The van der Waals surface area contributed by atoms with Crippen molar-refractivity contribution < 1.29 is 14.5 Å². The number of hydrogen-bond acceptors (Lipinski definition) is 3. The van der Waals surface area contributed by atoms with Crippen molar-refractivity contribution in [1.82, 2.24) is 0 Å². The summed E-state index contributed by atoms with van der Waals surface area (Å²) in [5.41, 5.74) is 6.16. The number of anilines is 1. The first kappa shape index (κ1) is 18.4. The van der Waals surface area contributed by atoms with E-state index in [9.17, 15) is 8.00 Å². The first-order valence-corrected chi connectivity index (χ1v) is 12.5. The van der Waals surface area contributed by atoms with E-state index in [0.717, 1.165) is 27.6 Å². The zero-order valence-corrected chi connectivity index (χ0v) is 21.0. The number of hydrogen-bond donors (Lipinski definition) is 0. The fourth-order valence-corrected chi connectivity index (χ4v) is 5.40. The lowest BCUT2D eigenvalue weighted by Gasteiger charge is -2.17.